The number of para-hydroxylation sites is 3. The number of Topliss-reactive ketones (excluding diaryl/α,β-unsaturated/α-hetero) is 1. The summed E-state index contributed by atoms with van der Waals surface area (Å²) in [7, 11) is 0. The van der Waals surface area contributed by atoms with Gasteiger partial charge in [0.05, 0.1) is 11.5 Å². The van der Waals surface area contributed by atoms with E-state index < -0.39 is 41.0 Å². The molecule has 1 fully saturated rings. The predicted molar refractivity (Wildman–Crippen MR) is 138 cm³/mol. The SMILES string of the molecule is CC1(O)CC(=O)C(C(=O)Nc2ccccc2)C(c2c[nH]c3ccccc23)C1C(=O)Nc1ccccc1. The highest BCUT2D eigenvalue weighted by Gasteiger charge is 2.56. The molecule has 36 heavy (non-hydrogen) atoms. The van der Waals surface area contributed by atoms with Crippen molar-refractivity contribution in [1.29, 1.82) is 0 Å². The highest BCUT2D eigenvalue weighted by Crippen LogP contribution is 2.48. The van der Waals surface area contributed by atoms with E-state index in [0.29, 0.717) is 16.9 Å². The molecule has 1 aliphatic carbocycles. The van der Waals surface area contributed by atoms with Crippen LogP contribution in [-0.2, 0) is 14.4 Å². The van der Waals surface area contributed by atoms with Gasteiger partial charge in [0, 0.05) is 40.8 Å². The first-order chi connectivity index (χ1) is 17.3. The third kappa shape index (κ3) is 4.41. The molecule has 3 aromatic carbocycles. The fourth-order valence-electron chi connectivity index (χ4n) is 5.32. The van der Waals surface area contributed by atoms with Crippen LogP contribution in [0.25, 0.3) is 10.9 Å². The molecule has 7 heteroatoms. The zero-order valence-electron chi connectivity index (χ0n) is 19.8. The lowest BCUT2D eigenvalue weighted by Gasteiger charge is -2.44. The highest BCUT2D eigenvalue weighted by molar-refractivity contribution is 6.11. The summed E-state index contributed by atoms with van der Waals surface area (Å²) in [6.07, 6.45) is 1.42. The summed E-state index contributed by atoms with van der Waals surface area (Å²) < 4.78 is 0. The molecule has 0 bridgehead atoms. The summed E-state index contributed by atoms with van der Waals surface area (Å²) in [5.41, 5.74) is 0.909. The minimum Gasteiger partial charge on any atom is -0.389 e. The van der Waals surface area contributed by atoms with Gasteiger partial charge in [-0.15, -0.1) is 0 Å². The molecule has 1 heterocycles. The van der Waals surface area contributed by atoms with Crippen molar-refractivity contribution in [2.24, 2.45) is 11.8 Å². The van der Waals surface area contributed by atoms with Crippen LogP contribution in [0.15, 0.2) is 91.1 Å². The van der Waals surface area contributed by atoms with E-state index in [1.165, 1.54) is 6.92 Å². The molecular formula is C29H27N3O4. The van der Waals surface area contributed by atoms with Crippen molar-refractivity contribution < 1.29 is 19.5 Å². The van der Waals surface area contributed by atoms with E-state index in [-0.39, 0.29) is 6.42 Å². The van der Waals surface area contributed by atoms with Gasteiger partial charge in [0.1, 0.15) is 11.7 Å². The quantitative estimate of drug-likeness (QED) is 0.315. The second-order valence-electron chi connectivity index (χ2n) is 9.48. The molecule has 2 amide bonds. The van der Waals surface area contributed by atoms with Gasteiger partial charge < -0.3 is 20.7 Å². The van der Waals surface area contributed by atoms with Crippen LogP contribution in [-0.4, -0.2) is 33.3 Å². The average Bonchev–Trinajstić information content (AvgIpc) is 3.28. The molecule has 0 saturated heterocycles. The number of aliphatic hydroxyl groups is 1. The number of ketones is 1. The number of aromatic nitrogens is 1. The number of rotatable bonds is 5. The number of amides is 2. The van der Waals surface area contributed by atoms with Crippen LogP contribution in [0.1, 0.15) is 24.8 Å². The van der Waals surface area contributed by atoms with Crippen molar-refractivity contribution in [1.82, 2.24) is 4.98 Å². The lowest BCUT2D eigenvalue weighted by atomic mass is 9.61. The van der Waals surface area contributed by atoms with Crippen molar-refractivity contribution in [2.45, 2.75) is 24.9 Å². The minimum atomic E-state index is -1.66. The Morgan fingerprint density at radius 1 is 0.861 bits per heavy atom. The second kappa shape index (κ2) is 9.43. The van der Waals surface area contributed by atoms with Crippen molar-refractivity contribution in [2.75, 3.05) is 10.6 Å². The topological polar surface area (TPSA) is 111 Å². The summed E-state index contributed by atoms with van der Waals surface area (Å²) in [6, 6.07) is 25.3. The molecule has 4 atom stereocenters. The largest absolute Gasteiger partial charge is 0.389 e. The number of carbonyl (C=O) groups is 3. The number of hydrogen-bond donors (Lipinski definition) is 4. The molecule has 0 radical (unpaired) electrons. The number of aromatic amines is 1. The number of nitrogens with one attached hydrogen (secondary N) is 3. The Morgan fingerprint density at radius 2 is 1.42 bits per heavy atom. The van der Waals surface area contributed by atoms with Crippen LogP contribution in [0.3, 0.4) is 0 Å². The van der Waals surface area contributed by atoms with Crippen molar-refractivity contribution in [3.05, 3.63) is 96.7 Å². The van der Waals surface area contributed by atoms with Gasteiger partial charge in [0.2, 0.25) is 11.8 Å². The smallest absolute Gasteiger partial charge is 0.235 e. The number of carbonyl (C=O) groups excluding carboxylic acids is 3. The molecule has 0 spiro atoms. The maximum absolute atomic E-state index is 13.7. The number of fused-ring (bicyclic) bond motifs is 1. The van der Waals surface area contributed by atoms with E-state index in [9.17, 15) is 19.5 Å². The van der Waals surface area contributed by atoms with Crippen molar-refractivity contribution in [3.8, 4) is 0 Å². The summed E-state index contributed by atoms with van der Waals surface area (Å²) >= 11 is 0. The van der Waals surface area contributed by atoms with E-state index in [1.54, 1.807) is 54.7 Å². The molecule has 4 unspecified atom stereocenters. The van der Waals surface area contributed by atoms with Gasteiger partial charge in [-0.05, 0) is 42.8 Å². The van der Waals surface area contributed by atoms with E-state index in [4.69, 9.17) is 0 Å². The van der Waals surface area contributed by atoms with E-state index in [0.717, 1.165) is 10.9 Å². The zero-order valence-corrected chi connectivity index (χ0v) is 19.8. The van der Waals surface area contributed by atoms with Crippen LogP contribution in [0, 0.1) is 11.8 Å². The van der Waals surface area contributed by atoms with E-state index >= 15 is 0 Å². The van der Waals surface area contributed by atoms with Gasteiger partial charge in [-0.2, -0.15) is 0 Å². The van der Waals surface area contributed by atoms with E-state index in [2.05, 4.69) is 15.6 Å². The molecular weight excluding hydrogens is 454 g/mol. The lowest BCUT2D eigenvalue weighted by Crippen LogP contribution is -2.56. The standard InChI is InChI=1S/C29H27N3O4/c1-29(36)16-23(33)25(27(34)31-18-10-4-2-5-11-18)24(21-17-30-22-15-9-8-14-20(21)22)26(29)28(35)32-19-12-6-3-7-13-19/h2-15,17,24-26,30,36H,16H2,1H3,(H,31,34)(H,32,35). The minimum absolute atomic E-state index is 0.314. The maximum atomic E-state index is 13.7. The second-order valence-corrected chi connectivity index (χ2v) is 9.48. The predicted octanol–water partition coefficient (Wildman–Crippen LogP) is 4.49. The van der Waals surface area contributed by atoms with Gasteiger partial charge in [0.15, 0.2) is 0 Å². The molecule has 4 N–H and O–H groups in total. The summed E-state index contributed by atoms with van der Waals surface area (Å²) in [5, 5.41) is 18.0. The molecule has 0 aliphatic heterocycles. The van der Waals surface area contributed by atoms with Crippen molar-refractivity contribution >= 4 is 39.9 Å². The highest BCUT2D eigenvalue weighted by atomic mass is 16.3. The third-order valence-corrected chi connectivity index (χ3v) is 6.90. The lowest BCUT2D eigenvalue weighted by molar-refractivity contribution is -0.150. The Balaban J connectivity index is 1.62. The Kier molecular flexibility index (Phi) is 6.16. The first kappa shape index (κ1) is 23.5. The summed E-state index contributed by atoms with van der Waals surface area (Å²) in [4.78, 5) is 44.0. The normalized spacial score (nSPS) is 23.8. The fourth-order valence-corrected chi connectivity index (χ4v) is 5.32. The summed E-state index contributed by atoms with van der Waals surface area (Å²) in [6.45, 7) is 1.49. The van der Waals surface area contributed by atoms with Gasteiger partial charge >= 0.3 is 0 Å². The monoisotopic (exact) mass is 481 g/mol. The number of anilines is 2. The van der Waals surface area contributed by atoms with Gasteiger partial charge in [0.25, 0.3) is 0 Å². The molecule has 1 aromatic heterocycles. The zero-order chi connectivity index (χ0) is 25.3. The third-order valence-electron chi connectivity index (χ3n) is 6.90. The van der Waals surface area contributed by atoms with E-state index in [1.807, 2.05) is 36.4 Å². The van der Waals surface area contributed by atoms with Gasteiger partial charge in [-0.1, -0.05) is 54.6 Å². The molecule has 1 saturated carbocycles. The molecule has 7 nitrogen and oxygen atoms in total. The number of benzene rings is 3. The molecule has 182 valence electrons. The Labute approximate surface area is 208 Å². The first-order valence-electron chi connectivity index (χ1n) is 11.9. The summed E-state index contributed by atoms with van der Waals surface area (Å²) in [5.74, 6) is -4.50. The molecule has 5 rings (SSSR count). The Morgan fingerprint density at radius 3 is 2.06 bits per heavy atom. The van der Waals surface area contributed by atoms with Crippen LogP contribution in [0.5, 0.6) is 0 Å². The Bertz CT molecular complexity index is 1410. The van der Waals surface area contributed by atoms with Crippen LogP contribution in [0.2, 0.25) is 0 Å². The molecule has 1 aliphatic rings. The van der Waals surface area contributed by atoms with Crippen molar-refractivity contribution in [3.63, 3.8) is 0 Å². The number of H-pyrrole nitrogens is 1. The molecule has 4 aromatic rings. The van der Waals surface area contributed by atoms with Crippen LogP contribution < -0.4 is 10.6 Å². The number of hydrogen-bond acceptors (Lipinski definition) is 4. The fraction of sp³-hybridized carbons (Fsp3) is 0.207. The van der Waals surface area contributed by atoms with Gasteiger partial charge in [-0.3, -0.25) is 14.4 Å². The first-order valence-corrected chi connectivity index (χ1v) is 11.9. The average molecular weight is 482 g/mol. The Hall–Kier alpha value is -4.23. The van der Waals surface area contributed by atoms with Crippen LogP contribution in [0.4, 0.5) is 11.4 Å². The maximum Gasteiger partial charge on any atom is 0.235 e. The van der Waals surface area contributed by atoms with Gasteiger partial charge in [-0.25, -0.2) is 0 Å². The van der Waals surface area contributed by atoms with Crippen LogP contribution >= 0.6 is 0 Å².